The molecule has 2 rings (SSSR count). The van der Waals surface area contributed by atoms with E-state index in [1.807, 2.05) is 4.98 Å². The number of H-pyrrole nitrogens is 1. The summed E-state index contributed by atoms with van der Waals surface area (Å²) in [6.45, 7) is 1.70. The van der Waals surface area contributed by atoms with Crippen molar-refractivity contribution in [2.75, 3.05) is 13.3 Å². The molecule has 118 valence electrons. The first-order valence-electron chi connectivity index (χ1n) is 6.73. The van der Waals surface area contributed by atoms with Crippen molar-refractivity contribution in [3.63, 3.8) is 0 Å². The fourth-order valence-corrected chi connectivity index (χ4v) is 2.85. The molecule has 0 aliphatic carbocycles. The van der Waals surface area contributed by atoms with Gasteiger partial charge < -0.3 is 14.9 Å². The Morgan fingerprint density at radius 1 is 1.52 bits per heavy atom. The predicted molar refractivity (Wildman–Crippen MR) is 71.6 cm³/mol. The Bertz CT molecular complexity index is 623. The highest BCUT2D eigenvalue weighted by molar-refractivity contribution is 5.07. The fraction of sp³-hybridized carbons (Fsp3) is 0.692. The van der Waals surface area contributed by atoms with Crippen molar-refractivity contribution < 1.29 is 19.3 Å². The molecule has 0 radical (unpaired) electrons. The highest BCUT2D eigenvalue weighted by Gasteiger charge is 2.61. The molecular formula is C13H19FN2O5. The Kier molecular flexibility index (Phi) is 4.05. The third-order valence-electron chi connectivity index (χ3n) is 4.49. The first-order chi connectivity index (χ1) is 9.84. The number of nitrogens with zero attached hydrogens (tertiary/aromatic N) is 1. The van der Waals surface area contributed by atoms with E-state index in [4.69, 9.17) is 4.74 Å². The lowest BCUT2D eigenvalue weighted by molar-refractivity contribution is -0.137. The number of aromatic nitrogens is 2. The average Bonchev–Trinajstić information content (AvgIpc) is 2.70. The quantitative estimate of drug-likeness (QED) is 0.698. The number of aliphatic hydroxyl groups excluding tert-OH is 1. The van der Waals surface area contributed by atoms with E-state index < -0.39 is 47.9 Å². The summed E-state index contributed by atoms with van der Waals surface area (Å²) in [4.78, 5) is 25.0. The molecule has 1 fully saturated rings. The fourth-order valence-electron chi connectivity index (χ4n) is 2.85. The van der Waals surface area contributed by atoms with Gasteiger partial charge >= 0.3 is 5.69 Å². The Morgan fingerprint density at radius 3 is 2.67 bits per heavy atom. The van der Waals surface area contributed by atoms with Crippen molar-refractivity contribution in [3.05, 3.63) is 33.1 Å². The Labute approximate surface area is 120 Å². The van der Waals surface area contributed by atoms with Gasteiger partial charge in [-0.2, -0.15) is 0 Å². The van der Waals surface area contributed by atoms with Crippen LogP contribution in [-0.2, 0) is 4.74 Å². The summed E-state index contributed by atoms with van der Waals surface area (Å²) in [6, 6.07) is 1.09. The van der Waals surface area contributed by atoms with E-state index in [-0.39, 0.29) is 6.42 Å². The van der Waals surface area contributed by atoms with Crippen molar-refractivity contribution >= 4 is 0 Å². The van der Waals surface area contributed by atoms with Crippen LogP contribution >= 0.6 is 0 Å². The smallest absolute Gasteiger partial charge is 0.330 e. The second-order valence-corrected chi connectivity index (χ2v) is 5.41. The molecule has 0 amide bonds. The minimum atomic E-state index is -1.83. The molecule has 8 heteroatoms. The first-order valence-corrected chi connectivity index (χ1v) is 6.73. The number of alkyl halides is 1. The number of rotatable bonds is 4. The van der Waals surface area contributed by atoms with Crippen LogP contribution in [0, 0.1) is 5.92 Å². The van der Waals surface area contributed by atoms with Crippen molar-refractivity contribution in [3.8, 4) is 0 Å². The minimum Gasteiger partial charge on any atom is -0.393 e. The number of hydrogen-bond acceptors (Lipinski definition) is 5. The van der Waals surface area contributed by atoms with E-state index in [9.17, 15) is 24.2 Å². The van der Waals surface area contributed by atoms with Crippen LogP contribution in [0.3, 0.4) is 0 Å². The van der Waals surface area contributed by atoms with Crippen molar-refractivity contribution in [1.29, 1.82) is 0 Å². The van der Waals surface area contributed by atoms with Gasteiger partial charge in [0.2, 0.25) is 0 Å². The van der Waals surface area contributed by atoms with E-state index in [0.29, 0.717) is 0 Å². The molecule has 0 bridgehead atoms. The van der Waals surface area contributed by atoms with Gasteiger partial charge in [-0.25, -0.2) is 9.18 Å². The van der Waals surface area contributed by atoms with E-state index in [1.54, 1.807) is 13.8 Å². The lowest BCUT2D eigenvalue weighted by Crippen LogP contribution is -2.49. The number of halogens is 1. The summed E-state index contributed by atoms with van der Waals surface area (Å²) in [5.41, 5.74) is -4.51. The van der Waals surface area contributed by atoms with Crippen LogP contribution in [0.15, 0.2) is 21.9 Å². The maximum absolute atomic E-state index is 13.5. The maximum atomic E-state index is 13.5. The molecule has 2 heterocycles. The van der Waals surface area contributed by atoms with Crippen LogP contribution in [0.25, 0.3) is 0 Å². The molecule has 0 saturated carbocycles. The number of aliphatic hydroxyl groups is 2. The predicted octanol–water partition coefficient (Wildman–Crippen LogP) is -0.457. The third-order valence-corrected chi connectivity index (χ3v) is 4.49. The maximum Gasteiger partial charge on any atom is 0.330 e. The lowest BCUT2D eigenvalue weighted by Gasteiger charge is -2.32. The molecule has 3 N–H and O–H groups in total. The van der Waals surface area contributed by atoms with Crippen molar-refractivity contribution in [1.82, 2.24) is 9.55 Å². The number of ether oxygens (including phenoxy) is 1. The normalized spacial score (nSPS) is 36.0. The standard InChI is InChI=1S/C13H19FN2O5/c1-3-12(6-14)8(2)13(20,7-17)10(21-12)16-5-4-9(18)15-11(16)19/h4-5,8,10,17,20H,3,6-7H2,1-2H3,(H,15,18,19)/t8-,10-,12+,13+/m1/s1. The van der Waals surface area contributed by atoms with Crippen molar-refractivity contribution in [2.24, 2.45) is 5.92 Å². The molecule has 1 saturated heterocycles. The van der Waals surface area contributed by atoms with Gasteiger partial charge in [0.05, 0.1) is 6.61 Å². The minimum absolute atomic E-state index is 0.265. The summed E-state index contributed by atoms with van der Waals surface area (Å²) in [5.74, 6) is -0.742. The van der Waals surface area contributed by atoms with E-state index in [0.717, 1.165) is 16.8 Å². The number of nitrogens with one attached hydrogen (secondary N) is 1. The van der Waals surface area contributed by atoms with Gasteiger partial charge in [0.1, 0.15) is 17.9 Å². The molecule has 4 atom stereocenters. The van der Waals surface area contributed by atoms with Gasteiger partial charge in [0, 0.05) is 18.2 Å². The van der Waals surface area contributed by atoms with E-state index in [2.05, 4.69) is 0 Å². The summed E-state index contributed by atoms with van der Waals surface area (Å²) in [7, 11) is 0. The summed E-state index contributed by atoms with van der Waals surface area (Å²) in [5, 5.41) is 20.2. The van der Waals surface area contributed by atoms with Crippen LogP contribution < -0.4 is 11.2 Å². The summed E-state index contributed by atoms with van der Waals surface area (Å²) < 4.78 is 20.1. The van der Waals surface area contributed by atoms with Gasteiger partial charge in [-0.15, -0.1) is 0 Å². The molecule has 7 nitrogen and oxygen atoms in total. The third kappa shape index (κ3) is 2.23. The average molecular weight is 302 g/mol. The second-order valence-electron chi connectivity index (χ2n) is 5.41. The van der Waals surface area contributed by atoms with Gasteiger partial charge in [0.25, 0.3) is 5.56 Å². The Balaban J connectivity index is 2.57. The Morgan fingerprint density at radius 2 is 2.19 bits per heavy atom. The van der Waals surface area contributed by atoms with Crippen LogP contribution in [0.2, 0.25) is 0 Å². The van der Waals surface area contributed by atoms with Gasteiger partial charge in [-0.3, -0.25) is 14.3 Å². The zero-order valence-corrected chi connectivity index (χ0v) is 11.9. The van der Waals surface area contributed by atoms with E-state index >= 15 is 0 Å². The first kappa shape index (κ1) is 15.9. The molecule has 21 heavy (non-hydrogen) atoms. The van der Waals surface area contributed by atoms with Crippen LogP contribution in [0.5, 0.6) is 0 Å². The molecule has 1 aliphatic rings. The highest BCUT2D eigenvalue weighted by atomic mass is 19.1. The molecule has 0 aromatic carbocycles. The van der Waals surface area contributed by atoms with Gasteiger partial charge in [-0.1, -0.05) is 13.8 Å². The molecule has 0 unspecified atom stereocenters. The second kappa shape index (κ2) is 5.36. The van der Waals surface area contributed by atoms with Gasteiger partial charge in [-0.05, 0) is 6.42 Å². The summed E-state index contributed by atoms with van der Waals surface area (Å²) in [6.07, 6.45) is 0.141. The molecule has 1 aliphatic heterocycles. The molecule has 0 spiro atoms. The van der Waals surface area contributed by atoms with E-state index in [1.165, 1.54) is 0 Å². The zero-order valence-electron chi connectivity index (χ0n) is 11.9. The number of hydrogen-bond donors (Lipinski definition) is 3. The molecular weight excluding hydrogens is 283 g/mol. The zero-order chi connectivity index (χ0) is 15.8. The van der Waals surface area contributed by atoms with Gasteiger partial charge in [0.15, 0.2) is 6.23 Å². The Hall–Kier alpha value is -1.51. The van der Waals surface area contributed by atoms with Crippen LogP contribution in [0.1, 0.15) is 26.5 Å². The monoisotopic (exact) mass is 302 g/mol. The largest absolute Gasteiger partial charge is 0.393 e. The molecule has 1 aromatic heterocycles. The summed E-state index contributed by atoms with van der Waals surface area (Å²) >= 11 is 0. The SMILES string of the molecule is CC[C@@]1(CF)O[C@@H](n2ccc(=O)[nH]c2=O)[C@](O)(CO)[C@@H]1C. The van der Waals surface area contributed by atoms with Crippen LogP contribution in [-0.4, -0.2) is 44.2 Å². The lowest BCUT2D eigenvalue weighted by atomic mass is 9.78. The van der Waals surface area contributed by atoms with Crippen LogP contribution in [0.4, 0.5) is 4.39 Å². The number of aromatic amines is 1. The van der Waals surface area contributed by atoms with Crippen molar-refractivity contribution in [2.45, 2.75) is 37.7 Å². The highest BCUT2D eigenvalue weighted by Crippen LogP contribution is 2.49. The molecule has 1 aromatic rings. The topological polar surface area (TPSA) is 105 Å².